The van der Waals surface area contributed by atoms with Gasteiger partial charge in [-0.25, -0.2) is 12.7 Å². The van der Waals surface area contributed by atoms with E-state index < -0.39 is 35.8 Å². The molecule has 1 saturated heterocycles. The summed E-state index contributed by atoms with van der Waals surface area (Å²) in [6.45, 7) is 20.4. The van der Waals surface area contributed by atoms with E-state index in [1.807, 2.05) is 20.8 Å². The molecule has 8 heteroatoms. The van der Waals surface area contributed by atoms with Crippen molar-refractivity contribution in [2.24, 2.45) is 22.2 Å². The summed E-state index contributed by atoms with van der Waals surface area (Å²) in [4.78, 5) is 26.7. The molecule has 1 spiro atoms. The summed E-state index contributed by atoms with van der Waals surface area (Å²) in [7, 11) is -6.01. The van der Waals surface area contributed by atoms with Gasteiger partial charge in [-0.1, -0.05) is 55.4 Å². The molecule has 2 saturated carbocycles. The normalized spacial score (nSPS) is 31.5. The molecule has 3 rings (SSSR count). The molecule has 3 aliphatic rings. The van der Waals surface area contributed by atoms with Crippen LogP contribution >= 0.6 is 0 Å². The van der Waals surface area contributed by atoms with Crippen molar-refractivity contribution < 1.29 is 22.4 Å². The first kappa shape index (κ1) is 26.9. The monoisotopic (exact) mass is 499 g/mol. The zero-order valence-corrected chi connectivity index (χ0v) is 24.2. The lowest BCUT2D eigenvalue weighted by Gasteiger charge is -2.44. The van der Waals surface area contributed by atoms with Crippen LogP contribution in [0.4, 0.5) is 0 Å². The van der Waals surface area contributed by atoms with Crippen LogP contribution in [0.25, 0.3) is 0 Å². The largest absolute Gasteiger partial charge is 0.412 e. The zero-order chi connectivity index (χ0) is 25.4. The summed E-state index contributed by atoms with van der Waals surface area (Å²) in [6.07, 6.45) is 2.27. The van der Waals surface area contributed by atoms with Gasteiger partial charge < -0.3 is 4.43 Å². The molecule has 0 unspecified atom stereocenters. The van der Waals surface area contributed by atoms with Crippen molar-refractivity contribution in [3.63, 3.8) is 0 Å². The Morgan fingerprint density at radius 1 is 1.15 bits per heavy atom. The van der Waals surface area contributed by atoms with E-state index in [2.05, 4.69) is 47.7 Å². The molecule has 190 valence electrons. The van der Waals surface area contributed by atoms with Crippen LogP contribution in [0.2, 0.25) is 18.1 Å². The van der Waals surface area contributed by atoms with Gasteiger partial charge in [0.2, 0.25) is 15.9 Å². The van der Waals surface area contributed by atoms with E-state index in [-0.39, 0.29) is 39.9 Å². The number of carbonyl (C=O) groups is 2. The Kier molecular flexibility index (Phi) is 6.42. The van der Waals surface area contributed by atoms with E-state index in [1.165, 1.54) is 4.31 Å². The minimum Gasteiger partial charge on any atom is -0.412 e. The molecule has 0 radical (unpaired) electrons. The molecule has 33 heavy (non-hydrogen) atoms. The quantitative estimate of drug-likeness (QED) is 0.453. The number of nitrogens with zero attached hydrogens (tertiary/aromatic N) is 1. The first-order valence-corrected chi connectivity index (χ1v) is 17.0. The molecule has 1 heterocycles. The Hall–Kier alpha value is -0.733. The van der Waals surface area contributed by atoms with Crippen LogP contribution in [0.15, 0.2) is 0 Å². The minimum atomic E-state index is -3.69. The van der Waals surface area contributed by atoms with Crippen LogP contribution in [0.3, 0.4) is 0 Å². The van der Waals surface area contributed by atoms with Crippen LogP contribution in [0.1, 0.15) is 87.5 Å². The van der Waals surface area contributed by atoms with Crippen molar-refractivity contribution in [2.75, 3.05) is 5.75 Å². The summed E-state index contributed by atoms with van der Waals surface area (Å²) in [5.74, 6) is 0.137. The lowest BCUT2D eigenvalue weighted by Crippen LogP contribution is -2.52. The molecule has 4 atom stereocenters. The Bertz CT molecular complexity index is 933. The fourth-order valence-electron chi connectivity index (χ4n) is 6.48. The zero-order valence-electron chi connectivity index (χ0n) is 22.4. The third-order valence-corrected chi connectivity index (χ3v) is 16.5. The van der Waals surface area contributed by atoms with Gasteiger partial charge in [-0.3, -0.25) is 9.59 Å². The summed E-state index contributed by atoms with van der Waals surface area (Å²) in [5.41, 5.74) is -1.32. The molecule has 0 N–H and O–H groups in total. The summed E-state index contributed by atoms with van der Waals surface area (Å²) < 4.78 is 34.6. The molecule has 2 bridgehead atoms. The minimum absolute atomic E-state index is 0.0285. The second-order valence-electron chi connectivity index (χ2n) is 13.4. The first-order valence-electron chi connectivity index (χ1n) is 12.5. The van der Waals surface area contributed by atoms with Gasteiger partial charge in [-0.15, -0.1) is 0 Å². The molecule has 3 fully saturated rings. The number of Topliss-reactive ketones (excluding diaryl/α,β-unsaturated/α-hetero) is 1. The number of rotatable bonds is 7. The molecule has 1 amide bonds. The Morgan fingerprint density at radius 2 is 1.73 bits per heavy atom. The summed E-state index contributed by atoms with van der Waals surface area (Å²) in [6, 6.07) is -0.262. The van der Waals surface area contributed by atoms with Crippen LogP contribution < -0.4 is 0 Å². The van der Waals surface area contributed by atoms with E-state index in [0.29, 0.717) is 12.3 Å². The maximum atomic E-state index is 13.8. The van der Waals surface area contributed by atoms with Crippen molar-refractivity contribution in [3.05, 3.63) is 0 Å². The number of sulfonamides is 1. The highest BCUT2D eigenvalue weighted by molar-refractivity contribution is 7.90. The van der Waals surface area contributed by atoms with Crippen LogP contribution in [-0.4, -0.2) is 50.6 Å². The van der Waals surface area contributed by atoms with Crippen LogP contribution in [-0.2, 0) is 24.0 Å². The molecule has 2 aliphatic carbocycles. The lowest BCUT2D eigenvalue weighted by molar-refractivity contribution is -0.137. The van der Waals surface area contributed by atoms with Crippen LogP contribution in [0, 0.1) is 22.2 Å². The second-order valence-corrected chi connectivity index (χ2v) is 20.0. The van der Waals surface area contributed by atoms with Gasteiger partial charge in [0, 0.05) is 17.3 Å². The second kappa shape index (κ2) is 7.89. The fraction of sp³-hybridized carbons (Fsp3) is 0.920. The number of ketones is 1. The average molecular weight is 500 g/mol. The molecule has 0 aromatic heterocycles. The lowest BCUT2D eigenvalue weighted by atomic mass is 9.69. The summed E-state index contributed by atoms with van der Waals surface area (Å²) in [5, 5.41) is -0.0992. The third-order valence-electron chi connectivity index (χ3n) is 10.1. The van der Waals surface area contributed by atoms with Gasteiger partial charge in [0.05, 0.1) is 24.3 Å². The van der Waals surface area contributed by atoms with Gasteiger partial charge in [0.25, 0.3) is 0 Å². The average Bonchev–Trinajstić information content (AvgIpc) is 3.13. The summed E-state index contributed by atoms with van der Waals surface area (Å²) >= 11 is 0. The fourth-order valence-corrected chi connectivity index (χ4v) is 10.5. The number of hydrogen-bond acceptors (Lipinski definition) is 5. The van der Waals surface area contributed by atoms with Gasteiger partial charge >= 0.3 is 0 Å². The molecule has 1 aliphatic heterocycles. The number of carbonyl (C=O) groups excluding carboxylic acids is 2. The van der Waals surface area contributed by atoms with Crippen LogP contribution in [0.5, 0.6) is 0 Å². The van der Waals surface area contributed by atoms with Crippen molar-refractivity contribution >= 4 is 30.0 Å². The molecule has 6 nitrogen and oxygen atoms in total. The van der Waals surface area contributed by atoms with Crippen molar-refractivity contribution in [1.82, 2.24) is 4.31 Å². The van der Waals surface area contributed by atoms with E-state index >= 15 is 0 Å². The molecular weight excluding hydrogens is 454 g/mol. The number of amides is 1. The molecule has 0 aromatic carbocycles. The SMILES string of the molecule is CCC(=O)C(C)(C)[C@H](CC(=O)N1[C@@H]2C[C@H]3CC[C@]2(CS1(=O)=O)C3(C)C)O[Si](C)(C)C(C)(C)C. The molecular formula is C25H45NO5SSi. The highest BCUT2D eigenvalue weighted by Gasteiger charge is 2.72. The highest BCUT2D eigenvalue weighted by Crippen LogP contribution is 2.70. The van der Waals surface area contributed by atoms with E-state index in [0.717, 1.165) is 19.3 Å². The van der Waals surface area contributed by atoms with Gasteiger partial charge in [-0.2, -0.15) is 0 Å². The van der Waals surface area contributed by atoms with Gasteiger partial charge in [0.15, 0.2) is 8.32 Å². The van der Waals surface area contributed by atoms with E-state index in [4.69, 9.17) is 4.43 Å². The standard InChI is InChI=1S/C25H45NO5SSi/c1-11-19(27)23(5,6)20(31-33(9,10)22(2,3)4)15-21(28)26-18-14-17-12-13-25(18,24(17,7)8)16-32(26,29)30/h17-18,20H,11-16H2,1-10H3/t17-,18-,20+,25-/m1/s1. The maximum Gasteiger partial charge on any atom is 0.238 e. The Balaban J connectivity index is 1.95. The van der Waals surface area contributed by atoms with E-state index in [9.17, 15) is 18.0 Å². The third kappa shape index (κ3) is 3.96. The number of hydrogen-bond donors (Lipinski definition) is 0. The first-order chi connectivity index (χ1) is 14.7. The van der Waals surface area contributed by atoms with Crippen molar-refractivity contribution in [2.45, 2.75) is 118 Å². The predicted octanol–water partition coefficient (Wildman–Crippen LogP) is 5.14. The number of fused-ring (bicyclic) bond motifs is 1. The Labute approximate surface area is 202 Å². The Morgan fingerprint density at radius 3 is 2.21 bits per heavy atom. The van der Waals surface area contributed by atoms with Gasteiger partial charge in [-0.05, 0) is 48.7 Å². The van der Waals surface area contributed by atoms with E-state index in [1.54, 1.807) is 0 Å². The van der Waals surface area contributed by atoms with Crippen molar-refractivity contribution in [1.29, 1.82) is 0 Å². The highest BCUT2D eigenvalue weighted by atomic mass is 32.2. The van der Waals surface area contributed by atoms with Crippen molar-refractivity contribution in [3.8, 4) is 0 Å². The molecule has 0 aromatic rings. The maximum absolute atomic E-state index is 13.8. The topological polar surface area (TPSA) is 80.8 Å². The van der Waals surface area contributed by atoms with Gasteiger partial charge in [0.1, 0.15) is 5.78 Å². The smallest absolute Gasteiger partial charge is 0.238 e. The predicted molar refractivity (Wildman–Crippen MR) is 134 cm³/mol.